The molecule has 2 aromatic heterocycles. The fourth-order valence-corrected chi connectivity index (χ4v) is 6.86. The van der Waals surface area contributed by atoms with E-state index in [-0.39, 0.29) is 5.91 Å². The summed E-state index contributed by atoms with van der Waals surface area (Å²) in [6, 6.07) is 22.9. The normalized spacial score (nSPS) is 14.9. The Hall–Kier alpha value is -3.41. The molecule has 1 aliphatic carbocycles. The summed E-state index contributed by atoms with van der Waals surface area (Å²) in [5.74, 6) is 1.09. The zero-order valence-electron chi connectivity index (χ0n) is 21.8. The Morgan fingerprint density at radius 2 is 1.72 bits per heavy atom. The van der Waals surface area contributed by atoms with E-state index in [4.69, 9.17) is 16.6 Å². The first-order valence-corrected chi connectivity index (χ1v) is 14.8. The molecule has 0 N–H and O–H groups in total. The molecule has 1 amide bonds. The van der Waals surface area contributed by atoms with Crippen molar-refractivity contribution in [2.24, 2.45) is 0 Å². The molecule has 1 saturated heterocycles. The summed E-state index contributed by atoms with van der Waals surface area (Å²) >= 11 is 8.35. The Labute approximate surface area is 239 Å². The molecule has 2 aromatic carbocycles. The maximum Gasteiger partial charge on any atom is 0.227 e. The lowest BCUT2D eigenvalue weighted by atomic mass is 9.88. The number of nitrogens with zero attached hydrogens (tertiary/aromatic N) is 3. The fraction of sp³-hybridized carbons (Fsp3) is 0.242. The summed E-state index contributed by atoms with van der Waals surface area (Å²) in [5, 5.41) is 0.770. The van der Waals surface area contributed by atoms with Gasteiger partial charge in [0.15, 0.2) is 0 Å². The zero-order chi connectivity index (χ0) is 26.6. The number of hydrogen-bond donors (Lipinski definition) is 0. The third-order valence-electron chi connectivity index (χ3n) is 7.62. The molecule has 0 unspecified atom stereocenters. The van der Waals surface area contributed by atoms with Crippen LogP contribution in [0.2, 0.25) is 5.02 Å². The third-order valence-corrected chi connectivity index (χ3v) is 9.03. The van der Waals surface area contributed by atoms with Gasteiger partial charge in [0.1, 0.15) is 0 Å². The highest BCUT2D eigenvalue weighted by Gasteiger charge is 2.28. The largest absolute Gasteiger partial charge is 0.342 e. The number of piperidine rings is 1. The van der Waals surface area contributed by atoms with E-state index >= 15 is 0 Å². The zero-order valence-corrected chi connectivity index (χ0v) is 23.3. The van der Waals surface area contributed by atoms with Gasteiger partial charge in [-0.3, -0.25) is 14.8 Å². The van der Waals surface area contributed by atoms with Crippen molar-refractivity contribution < 1.29 is 4.79 Å². The van der Waals surface area contributed by atoms with Gasteiger partial charge in [0, 0.05) is 52.9 Å². The number of hydrogen-bond acceptors (Lipinski definition) is 4. The second kappa shape index (κ2) is 11.8. The lowest BCUT2D eigenvalue weighted by molar-refractivity contribution is -0.130. The molecule has 0 spiro atoms. The fourth-order valence-electron chi connectivity index (χ4n) is 5.63. The number of rotatable bonds is 5. The van der Waals surface area contributed by atoms with Crippen molar-refractivity contribution in [1.82, 2.24) is 14.9 Å². The van der Waals surface area contributed by atoms with Gasteiger partial charge < -0.3 is 4.90 Å². The molecule has 6 heteroatoms. The van der Waals surface area contributed by atoms with E-state index in [2.05, 4.69) is 53.5 Å². The highest BCUT2D eigenvalue weighted by atomic mass is 35.5. The predicted octanol–water partition coefficient (Wildman–Crippen LogP) is 7.19. The van der Waals surface area contributed by atoms with E-state index in [1.807, 2.05) is 41.1 Å². The molecule has 0 radical (unpaired) electrons. The van der Waals surface area contributed by atoms with Crippen LogP contribution >= 0.6 is 23.4 Å². The van der Waals surface area contributed by atoms with Crippen LogP contribution in [0.1, 0.15) is 46.4 Å². The maximum atomic E-state index is 13.0. The predicted molar refractivity (Wildman–Crippen MR) is 159 cm³/mol. The Bertz CT molecular complexity index is 1510. The van der Waals surface area contributed by atoms with Gasteiger partial charge in [-0.2, -0.15) is 0 Å². The summed E-state index contributed by atoms with van der Waals surface area (Å²) < 4.78 is 0. The number of amides is 1. The first-order valence-electron chi connectivity index (χ1n) is 13.5. The van der Waals surface area contributed by atoms with Crippen molar-refractivity contribution >= 4 is 34.8 Å². The van der Waals surface area contributed by atoms with Crippen LogP contribution in [0.15, 0.2) is 95.8 Å². The average Bonchev–Trinajstić information content (AvgIpc) is 3.14. The van der Waals surface area contributed by atoms with Gasteiger partial charge >= 0.3 is 0 Å². The molecule has 39 heavy (non-hydrogen) atoms. The molecule has 6 rings (SSSR count). The molecule has 196 valence electrons. The SMILES string of the molecule is O=C(Cc1cccnc1)N1CCC(=C2c3ccc(Cl)cc3CCc3c(SCc4ccccc4)ccnc32)CC1. The van der Waals surface area contributed by atoms with Crippen LogP contribution in [0.25, 0.3) is 5.57 Å². The van der Waals surface area contributed by atoms with Crippen molar-refractivity contribution in [2.75, 3.05) is 13.1 Å². The molecule has 2 aliphatic rings. The van der Waals surface area contributed by atoms with Crippen LogP contribution in [0.4, 0.5) is 0 Å². The molecule has 3 heterocycles. The summed E-state index contributed by atoms with van der Waals surface area (Å²) in [4.78, 5) is 25.5. The van der Waals surface area contributed by atoms with E-state index in [0.29, 0.717) is 6.42 Å². The maximum absolute atomic E-state index is 13.0. The highest BCUT2D eigenvalue weighted by molar-refractivity contribution is 7.98. The van der Waals surface area contributed by atoms with Gasteiger partial charge in [-0.25, -0.2) is 0 Å². The second-order valence-electron chi connectivity index (χ2n) is 10.1. The minimum atomic E-state index is 0.165. The summed E-state index contributed by atoms with van der Waals surface area (Å²) in [7, 11) is 0. The monoisotopic (exact) mass is 551 g/mol. The highest BCUT2D eigenvalue weighted by Crippen LogP contribution is 2.41. The molecule has 1 fully saturated rings. The van der Waals surface area contributed by atoms with E-state index in [1.54, 1.807) is 12.4 Å². The summed E-state index contributed by atoms with van der Waals surface area (Å²) in [5.41, 5.74) is 9.83. The quantitative estimate of drug-likeness (QED) is 0.246. The first-order chi connectivity index (χ1) is 19.2. The Balaban J connectivity index is 1.31. The van der Waals surface area contributed by atoms with E-state index in [9.17, 15) is 4.79 Å². The molecular formula is C33H30ClN3OS. The number of benzene rings is 2. The van der Waals surface area contributed by atoms with E-state index < -0.39 is 0 Å². The Morgan fingerprint density at radius 3 is 2.51 bits per heavy atom. The van der Waals surface area contributed by atoms with E-state index in [0.717, 1.165) is 60.8 Å². The minimum Gasteiger partial charge on any atom is -0.342 e. The molecule has 0 atom stereocenters. The van der Waals surface area contributed by atoms with Crippen LogP contribution in [0.5, 0.6) is 0 Å². The number of carbonyl (C=O) groups excluding carboxylic acids is 1. The van der Waals surface area contributed by atoms with Gasteiger partial charge in [-0.05, 0) is 77.8 Å². The van der Waals surface area contributed by atoms with Crippen molar-refractivity contribution in [3.63, 3.8) is 0 Å². The number of fused-ring (bicyclic) bond motifs is 2. The third kappa shape index (κ3) is 5.80. The second-order valence-corrected chi connectivity index (χ2v) is 11.6. The molecule has 1 aliphatic heterocycles. The lowest BCUT2D eigenvalue weighted by Gasteiger charge is -2.30. The number of aromatic nitrogens is 2. The van der Waals surface area contributed by atoms with Crippen LogP contribution in [0.3, 0.4) is 0 Å². The number of likely N-dealkylation sites (tertiary alicyclic amines) is 1. The van der Waals surface area contributed by atoms with Crippen molar-refractivity contribution in [2.45, 2.75) is 42.8 Å². The standard InChI is InChI=1S/C33H30ClN3OS/c34-27-9-11-28-26(20-27)8-10-29-30(39-22-23-5-2-1-3-6-23)12-16-36-33(29)32(28)25-13-17-37(18-14-25)31(38)19-24-7-4-15-35-21-24/h1-7,9,11-12,15-16,20-21H,8,10,13-14,17-19,22H2. The summed E-state index contributed by atoms with van der Waals surface area (Å²) in [6.45, 7) is 1.44. The van der Waals surface area contributed by atoms with Gasteiger partial charge in [0.25, 0.3) is 0 Å². The van der Waals surface area contributed by atoms with Crippen molar-refractivity contribution in [1.29, 1.82) is 0 Å². The van der Waals surface area contributed by atoms with Gasteiger partial charge in [0.2, 0.25) is 5.91 Å². The van der Waals surface area contributed by atoms with Crippen molar-refractivity contribution in [3.8, 4) is 0 Å². The topological polar surface area (TPSA) is 46.1 Å². The van der Waals surface area contributed by atoms with Gasteiger partial charge in [-0.1, -0.05) is 59.6 Å². The number of thioether (sulfide) groups is 1. The number of halogens is 1. The molecule has 4 aromatic rings. The number of carbonyl (C=O) groups is 1. The molecule has 4 nitrogen and oxygen atoms in total. The smallest absolute Gasteiger partial charge is 0.227 e. The molecule has 0 saturated carbocycles. The Kier molecular flexibility index (Phi) is 7.80. The molecular weight excluding hydrogens is 522 g/mol. The summed E-state index contributed by atoms with van der Waals surface area (Å²) in [6.07, 6.45) is 9.42. The minimum absolute atomic E-state index is 0.165. The first kappa shape index (κ1) is 25.8. The van der Waals surface area contributed by atoms with Crippen LogP contribution in [0, 0.1) is 0 Å². The van der Waals surface area contributed by atoms with Gasteiger partial charge in [0.05, 0.1) is 12.1 Å². The van der Waals surface area contributed by atoms with Crippen molar-refractivity contribution in [3.05, 3.63) is 129 Å². The number of pyridine rings is 2. The molecule has 0 bridgehead atoms. The van der Waals surface area contributed by atoms with Crippen LogP contribution in [-0.4, -0.2) is 33.9 Å². The van der Waals surface area contributed by atoms with Crippen LogP contribution < -0.4 is 0 Å². The lowest BCUT2D eigenvalue weighted by Crippen LogP contribution is -2.37. The Morgan fingerprint density at radius 1 is 0.897 bits per heavy atom. The average molecular weight is 552 g/mol. The van der Waals surface area contributed by atoms with Crippen LogP contribution in [-0.2, 0) is 29.8 Å². The van der Waals surface area contributed by atoms with E-state index in [1.165, 1.54) is 38.3 Å². The van der Waals surface area contributed by atoms with Gasteiger partial charge in [-0.15, -0.1) is 11.8 Å². The number of aryl methyl sites for hydroxylation is 1.